The van der Waals surface area contributed by atoms with Gasteiger partial charge in [0.05, 0.1) is 17.1 Å². The number of rotatable bonds is 5. The van der Waals surface area contributed by atoms with E-state index in [-0.39, 0.29) is 11.9 Å². The molecule has 4 heteroatoms. The van der Waals surface area contributed by atoms with Gasteiger partial charge in [0.25, 0.3) is 0 Å². The molecular formula is C24H29N3O. The van der Waals surface area contributed by atoms with E-state index in [1.807, 2.05) is 17.9 Å². The normalized spacial score (nSPS) is 17.0. The summed E-state index contributed by atoms with van der Waals surface area (Å²) in [7, 11) is 0. The molecule has 1 aliphatic rings. The van der Waals surface area contributed by atoms with Crippen molar-refractivity contribution in [3.63, 3.8) is 0 Å². The molecular weight excluding hydrogens is 346 g/mol. The maximum Gasteiger partial charge on any atom is 0.222 e. The average Bonchev–Trinajstić information content (AvgIpc) is 3.33. The van der Waals surface area contributed by atoms with E-state index < -0.39 is 0 Å². The van der Waals surface area contributed by atoms with E-state index in [1.54, 1.807) is 0 Å². The van der Waals surface area contributed by atoms with Crippen LogP contribution >= 0.6 is 0 Å². The predicted octanol–water partition coefficient (Wildman–Crippen LogP) is 5.28. The molecule has 4 rings (SSSR count). The number of carbonyl (C=O) groups is 1. The first-order valence-electron chi connectivity index (χ1n) is 10.4. The summed E-state index contributed by atoms with van der Waals surface area (Å²) in [6.45, 7) is 7.99. The van der Waals surface area contributed by atoms with Crippen LogP contribution in [0.1, 0.15) is 68.9 Å². The van der Waals surface area contributed by atoms with Crippen LogP contribution in [-0.4, -0.2) is 26.9 Å². The lowest BCUT2D eigenvalue weighted by atomic mass is 10.0. The SMILES string of the molecule is CCC(=O)N1CCCC1c1nc2ccccc2n1Cc1ccc(C(C)C)cc1. The Bertz CT molecular complexity index is 971. The minimum atomic E-state index is 0.0785. The minimum Gasteiger partial charge on any atom is -0.333 e. The van der Waals surface area contributed by atoms with Crippen LogP contribution in [0.25, 0.3) is 11.0 Å². The number of para-hydroxylation sites is 2. The first-order chi connectivity index (χ1) is 13.6. The highest BCUT2D eigenvalue weighted by Crippen LogP contribution is 2.34. The molecule has 4 nitrogen and oxygen atoms in total. The van der Waals surface area contributed by atoms with Gasteiger partial charge in [0.1, 0.15) is 5.82 Å². The molecule has 1 unspecified atom stereocenters. The second-order valence-corrected chi connectivity index (χ2v) is 8.04. The molecule has 1 fully saturated rings. The lowest BCUT2D eigenvalue weighted by Crippen LogP contribution is -2.31. The number of likely N-dealkylation sites (tertiary alicyclic amines) is 1. The number of benzene rings is 2. The van der Waals surface area contributed by atoms with Gasteiger partial charge in [0.15, 0.2) is 0 Å². The second-order valence-electron chi connectivity index (χ2n) is 8.04. The lowest BCUT2D eigenvalue weighted by molar-refractivity contribution is -0.131. The number of amides is 1. The van der Waals surface area contributed by atoms with E-state index in [9.17, 15) is 4.79 Å². The molecule has 2 aromatic carbocycles. The summed E-state index contributed by atoms with van der Waals surface area (Å²) in [6.07, 6.45) is 2.58. The summed E-state index contributed by atoms with van der Waals surface area (Å²) in [6, 6.07) is 17.3. The van der Waals surface area contributed by atoms with Gasteiger partial charge in [-0.25, -0.2) is 4.98 Å². The van der Waals surface area contributed by atoms with Crippen molar-refractivity contribution in [1.82, 2.24) is 14.5 Å². The van der Waals surface area contributed by atoms with Gasteiger partial charge in [-0.3, -0.25) is 4.79 Å². The smallest absolute Gasteiger partial charge is 0.222 e. The fraction of sp³-hybridized carbons (Fsp3) is 0.417. The third-order valence-electron chi connectivity index (χ3n) is 5.84. The van der Waals surface area contributed by atoms with Gasteiger partial charge >= 0.3 is 0 Å². The molecule has 1 amide bonds. The Morgan fingerprint density at radius 1 is 1.14 bits per heavy atom. The predicted molar refractivity (Wildman–Crippen MR) is 113 cm³/mol. The Balaban J connectivity index is 1.74. The van der Waals surface area contributed by atoms with Crippen molar-refractivity contribution < 1.29 is 4.79 Å². The monoisotopic (exact) mass is 375 g/mol. The number of aromatic nitrogens is 2. The first-order valence-corrected chi connectivity index (χ1v) is 10.4. The molecule has 1 atom stereocenters. The second kappa shape index (κ2) is 7.78. The zero-order chi connectivity index (χ0) is 19.7. The van der Waals surface area contributed by atoms with Crippen LogP contribution in [0, 0.1) is 0 Å². The Morgan fingerprint density at radius 3 is 2.61 bits per heavy atom. The quantitative estimate of drug-likeness (QED) is 0.608. The third kappa shape index (κ3) is 3.44. The number of hydrogen-bond acceptors (Lipinski definition) is 2. The van der Waals surface area contributed by atoms with Crippen LogP contribution in [0.15, 0.2) is 48.5 Å². The molecule has 0 bridgehead atoms. The number of nitrogens with zero attached hydrogens (tertiary/aromatic N) is 3. The first kappa shape index (κ1) is 18.7. The van der Waals surface area contributed by atoms with E-state index in [0.29, 0.717) is 12.3 Å². The summed E-state index contributed by atoms with van der Waals surface area (Å²) >= 11 is 0. The van der Waals surface area contributed by atoms with Gasteiger partial charge < -0.3 is 9.47 Å². The zero-order valence-corrected chi connectivity index (χ0v) is 17.1. The standard InChI is InChI=1S/C24H29N3O/c1-4-23(28)26-15-7-10-22(26)24-25-20-8-5-6-9-21(20)27(24)16-18-11-13-19(14-12-18)17(2)3/h5-6,8-9,11-14,17,22H,4,7,10,15-16H2,1-3H3. The Labute approximate surface area is 167 Å². The third-order valence-corrected chi connectivity index (χ3v) is 5.84. The van der Waals surface area contributed by atoms with Crippen molar-refractivity contribution in [1.29, 1.82) is 0 Å². The fourth-order valence-corrected chi connectivity index (χ4v) is 4.24. The summed E-state index contributed by atoms with van der Waals surface area (Å²) in [5.74, 6) is 1.78. The Morgan fingerprint density at radius 2 is 1.89 bits per heavy atom. The number of fused-ring (bicyclic) bond motifs is 1. The number of hydrogen-bond donors (Lipinski definition) is 0. The van der Waals surface area contributed by atoms with Gasteiger partial charge in [0.2, 0.25) is 5.91 Å². The van der Waals surface area contributed by atoms with E-state index in [1.165, 1.54) is 11.1 Å². The van der Waals surface area contributed by atoms with Crippen LogP contribution in [0.3, 0.4) is 0 Å². The summed E-state index contributed by atoms with van der Waals surface area (Å²) < 4.78 is 2.31. The molecule has 0 spiro atoms. The molecule has 1 aromatic heterocycles. The summed E-state index contributed by atoms with van der Waals surface area (Å²) in [4.78, 5) is 19.5. The van der Waals surface area contributed by atoms with Crippen molar-refractivity contribution in [3.8, 4) is 0 Å². The van der Waals surface area contributed by atoms with Gasteiger partial charge in [-0.1, -0.05) is 57.2 Å². The summed E-state index contributed by atoms with van der Waals surface area (Å²) in [5.41, 5.74) is 4.77. The van der Waals surface area contributed by atoms with Crippen molar-refractivity contribution in [2.24, 2.45) is 0 Å². The van der Waals surface area contributed by atoms with Crippen LogP contribution in [0.5, 0.6) is 0 Å². The Hall–Kier alpha value is -2.62. The molecule has 28 heavy (non-hydrogen) atoms. The van der Waals surface area contributed by atoms with Crippen molar-refractivity contribution >= 4 is 16.9 Å². The average molecular weight is 376 g/mol. The van der Waals surface area contributed by atoms with Gasteiger partial charge in [-0.05, 0) is 42.0 Å². The van der Waals surface area contributed by atoms with Crippen LogP contribution in [-0.2, 0) is 11.3 Å². The molecule has 2 heterocycles. The molecule has 0 saturated carbocycles. The van der Waals surface area contributed by atoms with E-state index in [0.717, 1.165) is 42.8 Å². The minimum absolute atomic E-state index is 0.0785. The lowest BCUT2D eigenvalue weighted by Gasteiger charge is -2.25. The highest BCUT2D eigenvalue weighted by atomic mass is 16.2. The van der Waals surface area contributed by atoms with Gasteiger partial charge in [-0.2, -0.15) is 0 Å². The van der Waals surface area contributed by atoms with Crippen LogP contribution in [0.4, 0.5) is 0 Å². The highest BCUT2D eigenvalue weighted by Gasteiger charge is 2.33. The summed E-state index contributed by atoms with van der Waals surface area (Å²) in [5, 5.41) is 0. The number of carbonyl (C=O) groups excluding carboxylic acids is 1. The van der Waals surface area contributed by atoms with E-state index in [2.05, 4.69) is 60.9 Å². The van der Waals surface area contributed by atoms with Crippen molar-refractivity contribution in [2.75, 3.05) is 6.54 Å². The van der Waals surface area contributed by atoms with Crippen molar-refractivity contribution in [3.05, 3.63) is 65.5 Å². The Kier molecular flexibility index (Phi) is 5.21. The molecule has 3 aromatic rings. The zero-order valence-electron chi connectivity index (χ0n) is 17.1. The van der Waals surface area contributed by atoms with Crippen molar-refractivity contribution in [2.45, 2.75) is 58.5 Å². The molecule has 0 N–H and O–H groups in total. The highest BCUT2D eigenvalue weighted by molar-refractivity contribution is 5.78. The molecule has 146 valence electrons. The maximum atomic E-state index is 12.5. The van der Waals surface area contributed by atoms with Crippen LogP contribution < -0.4 is 0 Å². The molecule has 0 radical (unpaired) electrons. The van der Waals surface area contributed by atoms with E-state index in [4.69, 9.17) is 4.98 Å². The molecule has 1 saturated heterocycles. The molecule has 0 aliphatic carbocycles. The number of imidazole rings is 1. The fourth-order valence-electron chi connectivity index (χ4n) is 4.24. The topological polar surface area (TPSA) is 38.1 Å². The molecule has 1 aliphatic heterocycles. The van der Waals surface area contributed by atoms with Crippen LogP contribution in [0.2, 0.25) is 0 Å². The maximum absolute atomic E-state index is 12.5. The van der Waals surface area contributed by atoms with Gasteiger partial charge in [-0.15, -0.1) is 0 Å². The largest absolute Gasteiger partial charge is 0.333 e. The van der Waals surface area contributed by atoms with Gasteiger partial charge in [0, 0.05) is 19.5 Å². The van der Waals surface area contributed by atoms with E-state index >= 15 is 0 Å².